The van der Waals surface area contributed by atoms with E-state index in [0.717, 1.165) is 12.1 Å². The Morgan fingerprint density at radius 2 is 1.60 bits per heavy atom. The van der Waals surface area contributed by atoms with E-state index < -0.39 is 19.7 Å². The maximum Gasteiger partial charge on any atom is 0.261 e. The lowest BCUT2D eigenvalue weighted by Gasteiger charge is -2.44. The summed E-state index contributed by atoms with van der Waals surface area (Å²) in [5, 5.41) is 5.74. The zero-order valence-corrected chi connectivity index (χ0v) is 23.0. The van der Waals surface area contributed by atoms with Crippen LogP contribution < -0.4 is 15.7 Å². The molecule has 4 rings (SSSR count). The first kappa shape index (κ1) is 26.1. The molecular formula is C29H35ClFNO2Si. The average molecular weight is 512 g/mol. The van der Waals surface area contributed by atoms with Gasteiger partial charge in [-0.05, 0) is 40.9 Å². The van der Waals surface area contributed by atoms with Gasteiger partial charge in [-0.25, -0.2) is 4.39 Å². The van der Waals surface area contributed by atoms with Crippen molar-refractivity contribution in [2.24, 2.45) is 0 Å². The molecule has 2 atom stereocenters. The molecule has 0 radical (unpaired) electrons. The fraction of sp³-hybridized carbons (Fsp3) is 0.379. The van der Waals surface area contributed by atoms with Crippen LogP contribution in [0.3, 0.4) is 0 Å². The SMILES string of the molecule is C[C@H]1CNC[C@@](C)(c2c(CO[Si](c3ccccc3)(c3ccccc3)C(C)(C)C)ccc(F)c2Cl)O1. The highest BCUT2D eigenvalue weighted by Crippen LogP contribution is 2.41. The van der Waals surface area contributed by atoms with Crippen LogP contribution in [0.15, 0.2) is 72.8 Å². The van der Waals surface area contributed by atoms with Crippen LogP contribution in [0.4, 0.5) is 4.39 Å². The molecule has 6 heteroatoms. The van der Waals surface area contributed by atoms with Gasteiger partial charge in [0.15, 0.2) is 0 Å². The summed E-state index contributed by atoms with van der Waals surface area (Å²) in [7, 11) is -2.77. The second-order valence-electron chi connectivity index (χ2n) is 10.6. The molecule has 1 aliphatic heterocycles. The van der Waals surface area contributed by atoms with Crippen LogP contribution in [-0.2, 0) is 21.4 Å². The number of benzene rings is 3. The van der Waals surface area contributed by atoms with Crippen LogP contribution in [0.5, 0.6) is 0 Å². The molecule has 3 aromatic rings. The van der Waals surface area contributed by atoms with E-state index in [4.69, 9.17) is 20.8 Å². The Morgan fingerprint density at radius 3 is 2.11 bits per heavy atom. The first-order valence-corrected chi connectivity index (χ1v) is 14.5. The van der Waals surface area contributed by atoms with Gasteiger partial charge in [-0.2, -0.15) is 0 Å². The van der Waals surface area contributed by atoms with Crippen molar-refractivity contribution < 1.29 is 13.6 Å². The number of rotatable bonds is 6. The zero-order chi connectivity index (χ0) is 25.3. The molecule has 0 unspecified atom stereocenters. The molecule has 1 N–H and O–H groups in total. The first-order valence-electron chi connectivity index (χ1n) is 12.2. The van der Waals surface area contributed by atoms with Crippen LogP contribution >= 0.6 is 11.6 Å². The van der Waals surface area contributed by atoms with Gasteiger partial charge in [-0.15, -0.1) is 0 Å². The number of halogens is 2. The van der Waals surface area contributed by atoms with Crippen molar-refractivity contribution in [2.75, 3.05) is 13.1 Å². The van der Waals surface area contributed by atoms with Gasteiger partial charge in [-0.3, -0.25) is 0 Å². The summed E-state index contributed by atoms with van der Waals surface area (Å²) in [4.78, 5) is 0. The monoisotopic (exact) mass is 511 g/mol. The van der Waals surface area contributed by atoms with Gasteiger partial charge in [0, 0.05) is 18.7 Å². The minimum atomic E-state index is -2.77. The van der Waals surface area contributed by atoms with Gasteiger partial charge in [-0.1, -0.05) is 99.1 Å². The summed E-state index contributed by atoms with van der Waals surface area (Å²) in [6.45, 7) is 12.3. The topological polar surface area (TPSA) is 30.5 Å². The number of ether oxygens (including phenoxy) is 1. The number of hydrogen-bond acceptors (Lipinski definition) is 3. The van der Waals surface area contributed by atoms with Crippen molar-refractivity contribution in [2.45, 2.75) is 58.0 Å². The molecule has 3 nitrogen and oxygen atoms in total. The van der Waals surface area contributed by atoms with Gasteiger partial charge in [0.1, 0.15) is 11.4 Å². The normalized spacial score (nSPS) is 21.2. The largest absolute Gasteiger partial charge is 0.403 e. The van der Waals surface area contributed by atoms with E-state index in [-0.39, 0.29) is 16.2 Å². The second kappa shape index (κ2) is 10.2. The molecule has 0 saturated carbocycles. The van der Waals surface area contributed by atoms with E-state index in [9.17, 15) is 4.39 Å². The molecule has 1 heterocycles. The summed E-state index contributed by atoms with van der Waals surface area (Å²) in [5.41, 5.74) is 0.750. The quantitative estimate of drug-likeness (QED) is 0.425. The highest BCUT2D eigenvalue weighted by Gasteiger charge is 2.50. The van der Waals surface area contributed by atoms with Crippen LogP contribution in [0, 0.1) is 5.82 Å². The van der Waals surface area contributed by atoms with Crippen molar-refractivity contribution in [1.82, 2.24) is 5.32 Å². The third-order valence-electron chi connectivity index (χ3n) is 6.93. The molecular weight excluding hydrogens is 477 g/mol. The van der Waals surface area contributed by atoms with Crippen LogP contribution in [-0.4, -0.2) is 27.5 Å². The lowest BCUT2D eigenvalue weighted by atomic mass is 9.89. The Bertz CT molecular complexity index is 1110. The molecule has 3 aromatic carbocycles. The highest BCUT2D eigenvalue weighted by atomic mass is 35.5. The summed E-state index contributed by atoms with van der Waals surface area (Å²) < 4.78 is 28.2. The summed E-state index contributed by atoms with van der Waals surface area (Å²) >= 11 is 6.62. The lowest BCUT2D eigenvalue weighted by molar-refractivity contribution is -0.103. The standard InChI is InChI=1S/C29H35ClFNO2Si/c1-21-18-32-20-29(5,34-21)26-22(16-17-25(31)27(26)30)19-33-35(28(2,3)4,23-12-8-6-9-13-23)24-14-10-7-11-15-24/h6-17,21,32H,18-20H2,1-5H3/t21-,29-/m0/s1. The van der Waals surface area contributed by atoms with Gasteiger partial charge < -0.3 is 14.5 Å². The van der Waals surface area contributed by atoms with E-state index in [1.165, 1.54) is 16.4 Å². The molecule has 1 fully saturated rings. The number of hydrogen-bond donors (Lipinski definition) is 1. The molecule has 0 spiro atoms. The van der Waals surface area contributed by atoms with Gasteiger partial charge in [0.2, 0.25) is 0 Å². The third kappa shape index (κ3) is 4.98. The fourth-order valence-corrected chi connectivity index (χ4v) is 10.3. The van der Waals surface area contributed by atoms with Crippen LogP contribution in [0.25, 0.3) is 0 Å². The third-order valence-corrected chi connectivity index (χ3v) is 12.3. The Morgan fingerprint density at radius 1 is 1.03 bits per heavy atom. The van der Waals surface area contributed by atoms with E-state index in [0.29, 0.717) is 18.7 Å². The van der Waals surface area contributed by atoms with Gasteiger partial charge in [0.05, 0.1) is 17.7 Å². The Kier molecular flexibility index (Phi) is 7.56. The zero-order valence-electron chi connectivity index (χ0n) is 21.2. The van der Waals surface area contributed by atoms with E-state index >= 15 is 0 Å². The molecule has 0 amide bonds. The van der Waals surface area contributed by atoms with E-state index in [1.54, 1.807) is 6.07 Å². The second-order valence-corrected chi connectivity index (χ2v) is 15.3. The molecule has 186 valence electrons. The van der Waals surface area contributed by atoms with E-state index in [2.05, 4.69) is 74.6 Å². The van der Waals surface area contributed by atoms with Gasteiger partial charge >= 0.3 is 0 Å². The fourth-order valence-electron chi connectivity index (χ4n) is 5.42. The van der Waals surface area contributed by atoms with E-state index in [1.807, 2.05) is 26.0 Å². The summed E-state index contributed by atoms with van der Waals surface area (Å²) in [6, 6.07) is 24.2. The minimum Gasteiger partial charge on any atom is -0.403 e. The Hall–Kier alpha value is -2.02. The maximum absolute atomic E-state index is 14.7. The Labute approximate surface area is 214 Å². The van der Waals surface area contributed by atoms with Crippen molar-refractivity contribution in [3.63, 3.8) is 0 Å². The lowest BCUT2D eigenvalue weighted by Crippen LogP contribution is -2.66. The van der Waals surface area contributed by atoms with Crippen molar-refractivity contribution in [1.29, 1.82) is 0 Å². The molecule has 0 aliphatic carbocycles. The molecule has 1 saturated heterocycles. The number of nitrogens with one attached hydrogen (secondary N) is 1. The molecule has 35 heavy (non-hydrogen) atoms. The summed E-state index contributed by atoms with van der Waals surface area (Å²) in [6.07, 6.45) is -0.0152. The predicted octanol–water partition coefficient (Wildman–Crippen LogP) is 5.78. The maximum atomic E-state index is 14.7. The van der Waals surface area contributed by atoms with Crippen molar-refractivity contribution in [3.8, 4) is 0 Å². The summed E-state index contributed by atoms with van der Waals surface area (Å²) in [5.74, 6) is -0.445. The highest BCUT2D eigenvalue weighted by molar-refractivity contribution is 6.99. The molecule has 0 aromatic heterocycles. The van der Waals surface area contributed by atoms with Crippen molar-refractivity contribution >= 4 is 30.3 Å². The smallest absolute Gasteiger partial charge is 0.261 e. The average Bonchev–Trinajstić information content (AvgIpc) is 2.82. The van der Waals surface area contributed by atoms with Gasteiger partial charge in [0.25, 0.3) is 8.32 Å². The molecule has 0 bridgehead atoms. The Balaban J connectivity index is 1.83. The predicted molar refractivity (Wildman–Crippen MR) is 145 cm³/mol. The number of morpholine rings is 1. The molecule has 1 aliphatic rings. The van der Waals surface area contributed by atoms with Crippen molar-refractivity contribution in [3.05, 3.63) is 94.8 Å². The minimum absolute atomic E-state index is 0.0152. The first-order chi connectivity index (χ1) is 16.6. The van der Waals surface area contributed by atoms with Crippen LogP contribution in [0.2, 0.25) is 10.1 Å². The van der Waals surface area contributed by atoms with Crippen LogP contribution in [0.1, 0.15) is 45.7 Å².